The maximum absolute atomic E-state index is 3.56. The third kappa shape index (κ3) is 4.43. The van der Waals surface area contributed by atoms with Crippen molar-refractivity contribution in [3.63, 3.8) is 0 Å². The van der Waals surface area contributed by atoms with Gasteiger partial charge in [-0.2, -0.15) is 0 Å². The molecule has 0 aliphatic rings. The molecule has 26 heavy (non-hydrogen) atoms. The van der Waals surface area contributed by atoms with Crippen LogP contribution in [-0.4, -0.2) is 0 Å². The van der Waals surface area contributed by atoms with Gasteiger partial charge in [0, 0.05) is 11.4 Å². The van der Waals surface area contributed by atoms with Gasteiger partial charge in [0.1, 0.15) is 0 Å². The van der Waals surface area contributed by atoms with Gasteiger partial charge in [0.2, 0.25) is 0 Å². The van der Waals surface area contributed by atoms with E-state index in [1.165, 1.54) is 44.6 Å². The van der Waals surface area contributed by atoms with Crippen LogP contribution in [0.15, 0.2) is 54.6 Å². The van der Waals surface area contributed by atoms with Crippen molar-refractivity contribution in [3.05, 3.63) is 93.5 Å². The molecular weight excluding hydrogens is 314 g/mol. The zero-order valence-electron chi connectivity index (χ0n) is 16.4. The van der Waals surface area contributed by atoms with Gasteiger partial charge in [-0.25, -0.2) is 0 Å². The summed E-state index contributed by atoms with van der Waals surface area (Å²) in [4.78, 5) is 0. The highest BCUT2D eigenvalue weighted by Gasteiger charge is 2.04. The van der Waals surface area contributed by atoms with Crippen LogP contribution in [0.2, 0.25) is 0 Å². The van der Waals surface area contributed by atoms with Crippen molar-refractivity contribution in [2.24, 2.45) is 0 Å². The summed E-state index contributed by atoms with van der Waals surface area (Å²) in [6.07, 6.45) is 4.34. The van der Waals surface area contributed by atoms with Crippen molar-refractivity contribution in [2.45, 2.75) is 34.6 Å². The first kappa shape index (κ1) is 18.0. The molecule has 0 heterocycles. The lowest BCUT2D eigenvalue weighted by Gasteiger charge is -2.14. The van der Waals surface area contributed by atoms with E-state index in [1.807, 2.05) is 0 Å². The second-order valence-electron chi connectivity index (χ2n) is 7.28. The molecule has 1 N–H and O–H groups in total. The van der Waals surface area contributed by atoms with Gasteiger partial charge in [-0.1, -0.05) is 71.3 Å². The van der Waals surface area contributed by atoms with Crippen LogP contribution in [0.25, 0.3) is 12.2 Å². The van der Waals surface area contributed by atoms with Crippen LogP contribution in [0.4, 0.5) is 11.4 Å². The molecule has 3 aromatic carbocycles. The van der Waals surface area contributed by atoms with Gasteiger partial charge in [0.25, 0.3) is 0 Å². The minimum absolute atomic E-state index is 1.11. The molecule has 0 atom stereocenters. The van der Waals surface area contributed by atoms with Crippen molar-refractivity contribution < 1.29 is 0 Å². The van der Waals surface area contributed by atoms with E-state index < -0.39 is 0 Å². The molecule has 3 rings (SSSR count). The summed E-state index contributed by atoms with van der Waals surface area (Å²) in [6.45, 7) is 10.7. The average molecular weight is 341 g/mol. The number of hydrogen-bond donors (Lipinski definition) is 1. The number of nitrogens with one attached hydrogen (secondary N) is 1. The molecular formula is C25H27N. The van der Waals surface area contributed by atoms with Gasteiger partial charge < -0.3 is 5.32 Å². The first-order chi connectivity index (χ1) is 12.4. The zero-order chi connectivity index (χ0) is 18.7. The van der Waals surface area contributed by atoms with E-state index in [1.54, 1.807) is 0 Å². The summed E-state index contributed by atoms with van der Waals surface area (Å²) in [5, 5.41) is 3.56. The Bertz CT molecular complexity index is 903. The lowest BCUT2D eigenvalue weighted by molar-refractivity contribution is 1.31. The molecule has 1 heteroatoms. The van der Waals surface area contributed by atoms with E-state index in [-0.39, 0.29) is 0 Å². The van der Waals surface area contributed by atoms with Crippen molar-refractivity contribution >= 4 is 23.5 Å². The zero-order valence-corrected chi connectivity index (χ0v) is 16.4. The Labute approximate surface area is 157 Å². The molecule has 0 unspecified atom stereocenters. The molecule has 3 aromatic rings. The fourth-order valence-electron chi connectivity index (χ4n) is 3.50. The van der Waals surface area contributed by atoms with Crippen LogP contribution < -0.4 is 5.32 Å². The van der Waals surface area contributed by atoms with Gasteiger partial charge in [0.05, 0.1) is 0 Å². The fourth-order valence-corrected chi connectivity index (χ4v) is 3.50. The summed E-state index contributed by atoms with van der Waals surface area (Å²) in [5.74, 6) is 0. The minimum atomic E-state index is 1.11. The second-order valence-corrected chi connectivity index (χ2v) is 7.28. The highest BCUT2D eigenvalue weighted by atomic mass is 14.9. The number of anilines is 2. The Morgan fingerprint density at radius 2 is 1.08 bits per heavy atom. The Morgan fingerprint density at radius 3 is 1.65 bits per heavy atom. The monoisotopic (exact) mass is 341 g/mol. The van der Waals surface area contributed by atoms with E-state index in [0.29, 0.717) is 0 Å². The van der Waals surface area contributed by atoms with Crippen molar-refractivity contribution in [3.8, 4) is 0 Å². The molecule has 1 nitrogen and oxygen atoms in total. The van der Waals surface area contributed by atoms with Gasteiger partial charge in [-0.3, -0.25) is 0 Å². The van der Waals surface area contributed by atoms with Gasteiger partial charge in [-0.05, 0) is 69.0 Å². The molecule has 0 fully saturated rings. The topological polar surface area (TPSA) is 12.0 Å². The molecule has 0 spiro atoms. The van der Waals surface area contributed by atoms with Crippen LogP contribution in [0.3, 0.4) is 0 Å². The van der Waals surface area contributed by atoms with Crippen LogP contribution in [0, 0.1) is 34.6 Å². The van der Waals surface area contributed by atoms with Crippen molar-refractivity contribution in [1.29, 1.82) is 0 Å². The highest BCUT2D eigenvalue weighted by Crippen LogP contribution is 2.26. The minimum Gasteiger partial charge on any atom is -0.355 e. The number of hydrogen-bond acceptors (Lipinski definition) is 1. The molecule has 0 aliphatic heterocycles. The normalized spacial score (nSPS) is 11.1. The van der Waals surface area contributed by atoms with E-state index >= 15 is 0 Å². The SMILES string of the molecule is Cc1cc(C)cc(C=Cc2ccc(Nc3c(C)cc(C)cc3C)cc2)c1. The predicted molar refractivity (Wildman–Crippen MR) is 115 cm³/mol. The standard InChI is InChI=1S/C25H27N/c1-17-12-18(2)16-23(15-17)7-6-22-8-10-24(11-9-22)26-25-20(4)13-19(3)14-21(25)5/h6-16,26H,1-5H3. The Balaban J connectivity index is 1.76. The largest absolute Gasteiger partial charge is 0.355 e. The predicted octanol–water partition coefficient (Wildman–Crippen LogP) is 7.14. The quantitative estimate of drug-likeness (QED) is 0.497. The third-order valence-corrected chi connectivity index (χ3v) is 4.57. The van der Waals surface area contributed by atoms with Crippen molar-refractivity contribution in [2.75, 3.05) is 5.32 Å². The number of aryl methyl sites for hydroxylation is 5. The first-order valence-electron chi connectivity index (χ1n) is 9.12. The molecule has 0 saturated carbocycles. The van der Waals surface area contributed by atoms with Crippen LogP contribution in [0.1, 0.15) is 38.9 Å². The van der Waals surface area contributed by atoms with E-state index in [9.17, 15) is 0 Å². The van der Waals surface area contributed by atoms with Gasteiger partial charge in [-0.15, -0.1) is 0 Å². The summed E-state index contributed by atoms with van der Waals surface area (Å²) in [5.41, 5.74) is 11.2. The highest BCUT2D eigenvalue weighted by molar-refractivity contribution is 5.72. The van der Waals surface area contributed by atoms with E-state index in [0.717, 1.165) is 5.69 Å². The summed E-state index contributed by atoms with van der Waals surface area (Å²) >= 11 is 0. The molecule has 0 radical (unpaired) electrons. The lowest BCUT2D eigenvalue weighted by atomic mass is 10.0. The van der Waals surface area contributed by atoms with Crippen LogP contribution >= 0.6 is 0 Å². The maximum atomic E-state index is 3.56. The maximum Gasteiger partial charge on any atom is 0.0443 e. The van der Waals surface area contributed by atoms with E-state index in [2.05, 4.69) is 107 Å². The Kier molecular flexibility index (Phi) is 5.27. The molecule has 0 saturated heterocycles. The van der Waals surface area contributed by atoms with Crippen LogP contribution in [-0.2, 0) is 0 Å². The number of rotatable bonds is 4. The van der Waals surface area contributed by atoms with E-state index in [4.69, 9.17) is 0 Å². The van der Waals surface area contributed by atoms with Gasteiger partial charge >= 0.3 is 0 Å². The molecule has 0 amide bonds. The molecule has 132 valence electrons. The molecule has 0 aliphatic carbocycles. The smallest absolute Gasteiger partial charge is 0.0443 e. The molecule has 0 bridgehead atoms. The second kappa shape index (κ2) is 7.61. The molecule has 0 aromatic heterocycles. The van der Waals surface area contributed by atoms with Crippen LogP contribution in [0.5, 0.6) is 0 Å². The summed E-state index contributed by atoms with van der Waals surface area (Å²) in [7, 11) is 0. The average Bonchev–Trinajstić information content (AvgIpc) is 2.56. The first-order valence-corrected chi connectivity index (χ1v) is 9.12. The van der Waals surface area contributed by atoms with Gasteiger partial charge in [0.15, 0.2) is 0 Å². The Morgan fingerprint density at radius 1 is 0.577 bits per heavy atom. The fraction of sp³-hybridized carbons (Fsp3) is 0.200. The lowest BCUT2D eigenvalue weighted by Crippen LogP contribution is -1.97. The summed E-state index contributed by atoms with van der Waals surface area (Å²) < 4.78 is 0. The number of benzene rings is 3. The third-order valence-electron chi connectivity index (χ3n) is 4.57. The van der Waals surface area contributed by atoms with Crippen molar-refractivity contribution in [1.82, 2.24) is 0 Å². The Hall–Kier alpha value is -2.80. The summed E-state index contributed by atoms with van der Waals surface area (Å²) in [6, 6.07) is 19.6.